The Morgan fingerprint density at radius 2 is 0.939 bits per heavy atom. The molecule has 49 heavy (non-hydrogen) atoms. The summed E-state index contributed by atoms with van der Waals surface area (Å²) in [5.74, 6) is -3.70. The highest BCUT2D eigenvalue weighted by Crippen LogP contribution is 2.16. The predicted octanol–water partition coefficient (Wildman–Crippen LogP) is 1.06. The van der Waals surface area contributed by atoms with Crippen molar-refractivity contribution in [3.63, 3.8) is 0 Å². The quantitative estimate of drug-likeness (QED) is 0.0545. The maximum absolute atomic E-state index is 12.5. The summed E-state index contributed by atoms with van der Waals surface area (Å²) in [6.45, 7) is 1.32. The first-order chi connectivity index (χ1) is 23.4. The van der Waals surface area contributed by atoms with Crippen LogP contribution in [0.1, 0.15) is 38.5 Å². The number of rotatable bonds is 33. The molecule has 288 valence electrons. The minimum Gasteiger partial charge on any atom is -0.481 e. The standard InChI is InChI=1S/C29H57NO17Si2/c1-37-17-14-30(20-24(46-28(35)12-10-26(31)32)22-44-15-8-18-48(38-2,39-3)40-4)21-25(47-29(36)13-11-27(33)34)23-45-16-9-19-49(41-5,42-6)43-7/h24-25H,8-23H2,1-7H3,(H,31,32)(H,33,34). The molecule has 2 N–H and O–H groups in total. The number of carboxylic acids is 2. The van der Waals surface area contributed by atoms with Gasteiger partial charge < -0.3 is 60.5 Å². The van der Waals surface area contributed by atoms with Crippen LogP contribution in [0.25, 0.3) is 0 Å². The first-order valence-corrected chi connectivity index (χ1v) is 19.7. The van der Waals surface area contributed by atoms with Crippen LogP contribution in [0.5, 0.6) is 0 Å². The molecule has 0 bridgehead atoms. The van der Waals surface area contributed by atoms with Crippen molar-refractivity contribution >= 4 is 41.5 Å². The second kappa shape index (κ2) is 27.6. The molecule has 0 aromatic heterocycles. The highest BCUT2D eigenvalue weighted by atomic mass is 28.4. The Morgan fingerprint density at radius 3 is 1.24 bits per heavy atom. The number of methoxy groups -OCH3 is 1. The van der Waals surface area contributed by atoms with E-state index in [0.717, 1.165) is 0 Å². The van der Waals surface area contributed by atoms with Gasteiger partial charge in [-0.25, -0.2) is 0 Å². The Balaban J connectivity index is 5.72. The fraction of sp³-hybridized carbons (Fsp3) is 0.862. The molecule has 0 aromatic carbocycles. The molecular weight excluding hydrogens is 690 g/mol. The number of hydrogen-bond donors (Lipinski definition) is 2. The Kier molecular flexibility index (Phi) is 26.4. The van der Waals surface area contributed by atoms with Crippen molar-refractivity contribution in [2.75, 3.05) is 102 Å². The average molecular weight is 748 g/mol. The maximum atomic E-state index is 12.5. The van der Waals surface area contributed by atoms with Crippen molar-refractivity contribution < 1.29 is 79.6 Å². The smallest absolute Gasteiger partial charge is 0.481 e. The lowest BCUT2D eigenvalue weighted by Crippen LogP contribution is -2.45. The summed E-state index contributed by atoms with van der Waals surface area (Å²) in [5, 5.41) is 18.0. The fourth-order valence-corrected chi connectivity index (χ4v) is 7.91. The number of aliphatic carboxylic acids is 2. The van der Waals surface area contributed by atoms with Gasteiger partial charge in [0.15, 0.2) is 0 Å². The molecule has 0 spiro atoms. The summed E-state index contributed by atoms with van der Waals surface area (Å²) in [5.41, 5.74) is 0. The lowest BCUT2D eigenvalue weighted by Gasteiger charge is -2.30. The average Bonchev–Trinajstić information content (AvgIpc) is 3.08. The number of esters is 2. The second-order valence-corrected chi connectivity index (χ2v) is 16.9. The van der Waals surface area contributed by atoms with Crippen LogP contribution in [-0.2, 0) is 69.4 Å². The summed E-state index contributed by atoms with van der Waals surface area (Å²) < 4.78 is 60.7. The fourth-order valence-electron chi connectivity index (χ4n) is 4.53. The van der Waals surface area contributed by atoms with Gasteiger partial charge >= 0.3 is 41.5 Å². The second-order valence-electron chi connectivity index (χ2n) is 10.7. The summed E-state index contributed by atoms with van der Waals surface area (Å²) in [4.78, 5) is 48.9. The van der Waals surface area contributed by atoms with Crippen LogP contribution in [0.3, 0.4) is 0 Å². The van der Waals surface area contributed by atoms with Gasteiger partial charge in [-0.15, -0.1) is 0 Å². The van der Waals surface area contributed by atoms with E-state index < -0.39 is 66.5 Å². The van der Waals surface area contributed by atoms with Gasteiger partial charge in [0.25, 0.3) is 0 Å². The van der Waals surface area contributed by atoms with E-state index in [1.165, 1.54) is 49.8 Å². The first-order valence-electron chi connectivity index (χ1n) is 15.9. The summed E-state index contributed by atoms with van der Waals surface area (Å²) >= 11 is 0. The summed E-state index contributed by atoms with van der Waals surface area (Å²) in [6.07, 6.45) is -2.04. The van der Waals surface area contributed by atoms with Gasteiger partial charge in [-0.1, -0.05) is 0 Å². The molecule has 0 aliphatic carbocycles. The lowest BCUT2D eigenvalue weighted by atomic mass is 10.2. The minimum absolute atomic E-state index is 0.0203. The van der Waals surface area contributed by atoms with Crippen LogP contribution >= 0.6 is 0 Å². The molecule has 0 aliphatic heterocycles. The molecule has 18 nitrogen and oxygen atoms in total. The molecule has 20 heteroatoms. The number of carbonyl (C=O) groups is 4. The van der Waals surface area contributed by atoms with Crippen LogP contribution < -0.4 is 0 Å². The van der Waals surface area contributed by atoms with Crippen LogP contribution in [0.4, 0.5) is 0 Å². The third-order valence-electron chi connectivity index (χ3n) is 7.23. The van der Waals surface area contributed by atoms with E-state index in [2.05, 4.69) is 0 Å². The van der Waals surface area contributed by atoms with Crippen LogP contribution in [0.15, 0.2) is 0 Å². The predicted molar refractivity (Wildman–Crippen MR) is 176 cm³/mol. The number of carbonyl (C=O) groups excluding carboxylic acids is 2. The third-order valence-corrected chi connectivity index (χ3v) is 12.9. The van der Waals surface area contributed by atoms with Crippen molar-refractivity contribution in [3.8, 4) is 0 Å². The largest absolute Gasteiger partial charge is 0.500 e. The molecule has 0 saturated carbocycles. The Morgan fingerprint density at radius 1 is 0.571 bits per heavy atom. The van der Waals surface area contributed by atoms with E-state index in [1.807, 2.05) is 4.90 Å². The van der Waals surface area contributed by atoms with Crippen molar-refractivity contribution in [2.24, 2.45) is 0 Å². The minimum atomic E-state index is -2.81. The number of hydrogen-bond acceptors (Lipinski definition) is 16. The zero-order valence-electron chi connectivity index (χ0n) is 29.9. The monoisotopic (exact) mass is 747 g/mol. The highest BCUT2D eigenvalue weighted by Gasteiger charge is 2.38. The molecule has 0 aliphatic rings. The Labute approximate surface area is 291 Å². The van der Waals surface area contributed by atoms with Gasteiger partial charge in [0.1, 0.15) is 12.2 Å². The third kappa shape index (κ3) is 21.7. The van der Waals surface area contributed by atoms with Crippen LogP contribution in [-0.4, -0.2) is 171 Å². The normalized spacial score (nSPS) is 13.3. The molecule has 0 radical (unpaired) electrons. The van der Waals surface area contributed by atoms with Crippen molar-refractivity contribution in [3.05, 3.63) is 0 Å². The van der Waals surface area contributed by atoms with Gasteiger partial charge in [0.2, 0.25) is 0 Å². The summed E-state index contributed by atoms with van der Waals surface area (Å²) in [6, 6.07) is 0.972. The molecular formula is C29H57NO17Si2. The van der Waals surface area contributed by atoms with Crippen molar-refractivity contribution in [1.29, 1.82) is 0 Å². The SMILES string of the molecule is COCCN(CC(COCCC[Si](OC)(OC)OC)OC(=O)CCC(=O)O)CC(COCCC[Si](OC)(OC)OC)OC(=O)CCC(=O)O. The number of carboxylic acid groups (broad SMARTS) is 2. The molecule has 0 fully saturated rings. The van der Waals surface area contributed by atoms with E-state index in [0.29, 0.717) is 31.5 Å². The zero-order chi connectivity index (χ0) is 37.1. The zero-order valence-corrected chi connectivity index (χ0v) is 31.9. The molecule has 2 unspecified atom stereocenters. The van der Waals surface area contributed by atoms with Crippen LogP contribution in [0.2, 0.25) is 12.1 Å². The topological polar surface area (TPSA) is 214 Å². The molecule has 0 rings (SSSR count). The van der Waals surface area contributed by atoms with Gasteiger partial charge in [-0.3, -0.25) is 24.1 Å². The van der Waals surface area contributed by atoms with Crippen LogP contribution in [0, 0.1) is 0 Å². The van der Waals surface area contributed by atoms with Crippen molar-refractivity contribution in [1.82, 2.24) is 4.90 Å². The lowest BCUT2D eigenvalue weighted by molar-refractivity contribution is -0.158. The van der Waals surface area contributed by atoms with Crippen molar-refractivity contribution in [2.45, 2.75) is 62.8 Å². The molecule has 0 heterocycles. The first kappa shape index (κ1) is 46.9. The molecule has 0 amide bonds. The molecule has 0 aromatic rings. The van der Waals surface area contributed by atoms with E-state index in [-0.39, 0.29) is 59.0 Å². The van der Waals surface area contributed by atoms with Gasteiger partial charge in [-0.05, 0) is 12.8 Å². The highest BCUT2D eigenvalue weighted by molar-refractivity contribution is 6.60. The van der Waals surface area contributed by atoms with Gasteiger partial charge in [0.05, 0.1) is 45.5 Å². The molecule has 2 atom stereocenters. The van der Waals surface area contributed by atoms with E-state index in [4.69, 9.17) is 60.5 Å². The Bertz CT molecular complexity index is 839. The van der Waals surface area contributed by atoms with Gasteiger partial charge in [-0.2, -0.15) is 0 Å². The van der Waals surface area contributed by atoms with E-state index in [9.17, 15) is 19.2 Å². The molecule has 0 saturated heterocycles. The number of ether oxygens (including phenoxy) is 5. The van der Waals surface area contributed by atoms with Gasteiger partial charge in [0, 0.05) is 94.7 Å². The van der Waals surface area contributed by atoms with E-state index >= 15 is 0 Å². The number of nitrogens with zero attached hydrogens (tertiary/aromatic N) is 1. The Hall–Kier alpha value is -2.09. The summed E-state index contributed by atoms with van der Waals surface area (Å²) in [7, 11) is 4.98. The van der Waals surface area contributed by atoms with E-state index in [1.54, 1.807) is 0 Å². The maximum Gasteiger partial charge on any atom is 0.500 e.